The minimum absolute atomic E-state index is 0.00923. The number of unbranched alkanes of at least 4 members (excludes halogenated alkanes) is 1. The highest BCUT2D eigenvalue weighted by Gasteiger charge is 2.17. The Balaban J connectivity index is 2.21. The average molecular weight is 360 g/mol. The number of benzene rings is 2. The maximum absolute atomic E-state index is 13.9. The molecule has 0 radical (unpaired) electrons. The van der Waals surface area contributed by atoms with E-state index < -0.39 is 15.9 Å². The predicted octanol–water partition coefficient (Wildman–Crippen LogP) is 3.50. The van der Waals surface area contributed by atoms with Gasteiger partial charge in [0.2, 0.25) is 0 Å². The van der Waals surface area contributed by atoms with Crippen molar-refractivity contribution < 1.29 is 21.7 Å². The fraction of sp³-hybridized carbons (Fsp3) is 0.176. The summed E-state index contributed by atoms with van der Waals surface area (Å²) in [5, 5.41) is 17.2. The van der Waals surface area contributed by atoms with E-state index >= 15 is 0 Å². The molecule has 8 heteroatoms. The Bertz CT molecular complexity index is 946. The number of hydrogen-bond acceptors (Lipinski definition) is 6. The summed E-state index contributed by atoms with van der Waals surface area (Å²) in [6.45, 7) is 0. The second-order valence-electron chi connectivity index (χ2n) is 4.91. The summed E-state index contributed by atoms with van der Waals surface area (Å²) in [5.41, 5.74) is 0.134. The van der Waals surface area contributed by atoms with Crippen LogP contribution in [0.5, 0.6) is 17.2 Å². The summed E-state index contributed by atoms with van der Waals surface area (Å²) in [7, 11) is -3.91. The molecule has 0 aliphatic heterocycles. The second kappa shape index (κ2) is 8.13. The molecule has 0 saturated heterocycles. The lowest BCUT2D eigenvalue weighted by atomic mass is 10.2. The molecule has 0 heterocycles. The van der Waals surface area contributed by atoms with E-state index in [9.17, 15) is 12.8 Å². The lowest BCUT2D eigenvalue weighted by molar-refractivity contribution is 0.415. The van der Waals surface area contributed by atoms with Crippen LogP contribution in [0.15, 0.2) is 42.5 Å². The van der Waals surface area contributed by atoms with Gasteiger partial charge in [-0.05, 0) is 36.8 Å². The average Bonchev–Trinajstić information content (AvgIpc) is 2.58. The zero-order valence-corrected chi connectivity index (χ0v) is 13.8. The normalized spacial score (nSPS) is 10.5. The Morgan fingerprint density at radius 2 is 1.76 bits per heavy atom. The van der Waals surface area contributed by atoms with Crippen molar-refractivity contribution in [3.05, 3.63) is 53.8 Å². The molecule has 128 valence electrons. The lowest BCUT2D eigenvalue weighted by Gasteiger charge is -2.12. The van der Waals surface area contributed by atoms with Crippen LogP contribution < -0.4 is 8.92 Å². The van der Waals surface area contributed by atoms with Crippen LogP contribution in [0.2, 0.25) is 0 Å². The summed E-state index contributed by atoms with van der Waals surface area (Å²) in [6.07, 6.45) is 0.239. The van der Waals surface area contributed by atoms with Crippen LogP contribution in [-0.2, 0) is 10.1 Å². The Morgan fingerprint density at radius 3 is 2.40 bits per heavy atom. The van der Waals surface area contributed by atoms with E-state index in [4.69, 9.17) is 19.4 Å². The zero-order chi connectivity index (χ0) is 18.3. The Kier molecular flexibility index (Phi) is 5.93. The number of nitrogens with zero attached hydrogens (tertiary/aromatic N) is 2. The molecule has 25 heavy (non-hydrogen) atoms. The van der Waals surface area contributed by atoms with Gasteiger partial charge < -0.3 is 8.92 Å². The monoisotopic (exact) mass is 360 g/mol. The van der Waals surface area contributed by atoms with Gasteiger partial charge in [0.25, 0.3) is 0 Å². The van der Waals surface area contributed by atoms with E-state index in [1.165, 1.54) is 24.3 Å². The van der Waals surface area contributed by atoms with Crippen LogP contribution in [0, 0.1) is 28.5 Å². The Morgan fingerprint density at radius 1 is 1.04 bits per heavy atom. The van der Waals surface area contributed by atoms with Gasteiger partial charge in [-0.3, -0.25) is 0 Å². The number of nitriles is 2. The molecule has 6 nitrogen and oxygen atoms in total. The molecule has 0 aromatic heterocycles. The van der Waals surface area contributed by atoms with Gasteiger partial charge in [0.15, 0.2) is 23.1 Å². The Labute approximate surface area is 144 Å². The standard InChI is InChI=1S/C17H13FN2O4S/c18-14-11-13(12-20)7-8-15(14)23-16-5-1-2-6-17(16)24-25(21,22)10-4-3-9-19/h1-2,5-8,11H,3-4,10H2. The van der Waals surface area contributed by atoms with Crippen molar-refractivity contribution >= 4 is 10.1 Å². The van der Waals surface area contributed by atoms with Gasteiger partial charge in [-0.15, -0.1) is 0 Å². The van der Waals surface area contributed by atoms with E-state index in [2.05, 4.69) is 0 Å². The summed E-state index contributed by atoms with van der Waals surface area (Å²) in [6, 6.07) is 13.2. The van der Waals surface area contributed by atoms with Gasteiger partial charge in [0.1, 0.15) is 0 Å². The molecule has 2 rings (SSSR count). The number of rotatable bonds is 7. The predicted molar refractivity (Wildman–Crippen MR) is 86.9 cm³/mol. The first-order valence-electron chi connectivity index (χ1n) is 7.21. The van der Waals surface area contributed by atoms with E-state index in [-0.39, 0.29) is 41.4 Å². The third-order valence-electron chi connectivity index (χ3n) is 3.03. The van der Waals surface area contributed by atoms with Gasteiger partial charge in [-0.25, -0.2) is 4.39 Å². The summed E-state index contributed by atoms with van der Waals surface area (Å²) in [5.74, 6) is -1.33. The van der Waals surface area contributed by atoms with Gasteiger partial charge in [-0.1, -0.05) is 12.1 Å². The largest absolute Gasteiger partial charge is 0.450 e. The van der Waals surface area contributed by atoms with E-state index in [1.807, 2.05) is 6.07 Å². The topological polar surface area (TPSA) is 100 Å². The summed E-state index contributed by atoms with van der Waals surface area (Å²) < 4.78 is 48.2. The molecule has 0 amide bonds. The van der Waals surface area contributed by atoms with Gasteiger partial charge in [-0.2, -0.15) is 18.9 Å². The SMILES string of the molecule is N#CCCCS(=O)(=O)Oc1ccccc1Oc1ccc(C#N)cc1F. The molecule has 0 unspecified atom stereocenters. The van der Waals surface area contributed by atoms with E-state index in [1.54, 1.807) is 18.2 Å². The van der Waals surface area contributed by atoms with Gasteiger partial charge >= 0.3 is 10.1 Å². The van der Waals surface area contributed by atoms with Crippen molar-refractivity contribution in [2.45, 2.75) is 12.8 Å². The van der Waals surface area contributed by atoms with Crippen LogP contribution in [0.25, 0.3) is 0 Å². The molecule has 0 saturated carbocycles. The number of para-hydroxylation sites is 2. The first kappa shape index (κ1) is 18.2. The molecule has 0 N–H and O–H groups in total. The second-order valence-corrected chi connectivity index (χ2v) is 6.60. The molecule has 0 aliphatic rings. The number of ether oxygens (including phenoxy) is 1. The van der Waals surface area contributed by atoms with E-state index in [0.717, 1.165) is 6.07 Å². The number of hydrogen-bond donors (Lipinski definition) is 0. The van der Waals surface area contributed by atoms with Crippen molar-refractivity contribution in [1.82, 2.24) is 0 Å². The van der Waals surface area contributed by atoms with Crippen molar-refractivity contribution in [2.24, 2.45) is 0 Å². The molecule has 0 atom stereocenters. The maximum atomic E-state index is 13.9. The Hall–Kier alpha value is -3.10. The highest BCUT2D eigenvalue weighted by Crippen LogP contribution is 2.33. The fourth-order valence-corrected chi connectivity index (χ4v) is 2.87. The first-order chi connectivity index (χ1) is 11.9. The molecule has 0 fully saturated rings. The van der Waals surface area contributed by atoms with Crippen LogP contribution in [0.1, 0.15) is 18.4 Å². The number of halogens is 1. The zero-order valence-electron chi connectivity index (χ0n) is 13.0. The van der Waals surface area contributed by atoms with Crippen LogP contribution in [0.4, 0.5) is 4.39 Å². The highest BCUT2D eigenvalue weighted by molar-refractivity contribution is 7.87. The van der Waals surface area contributed by atoms with Crippen molar-refractivity contribution in [1.29, 1.82) is 10.5 Å². The summed E-state index contributed by atoms with van der Waals surface area (Å²) >= 11 is 0. The summed E-state index contributed by atoms with van der Waals surface area (Å²) in [4.78, 5) is 0. The molecule has 2 aromatic carbocycles. The van der Waals surface area contributed by atoms with Crippen molar-refractivity contribution in [2.75, 3.05) is 5.75 Å². The lowest BCUT2D eigenvalue weighted by Crippen LogP contribution is -2.14. The molecular weight excluding hydrogens is 347 g/mol. The highest BCUT2D eigenvalue weighted by atomic mass is 32.2. The van der Waals surface area contributed by atoms with Crippen molar-refractivity contribution in [3.8, 4) is 29.4 Å². The van der Waals surface area contributed by atoms with Crippen LogP contribution in [0.3, 0.4) is 0 Å². The molecule has 0 aliphatic carbocycles. The van der Waals surface area contributed by atoms with Crippen LogP contribution in [-0.4, -0.2) is 14.2 Å². The third kappa shape index (κ3) is 5.20. The smallest absolute Gasteiger partial charge is 0.309 e. The molecule has 0 spiro atoms. The van der Waals surface area contributed by atoms with Gasteiger partial charge in [0.05, 0.1) is 23.5 Å². The van der Waals surface area contributed by atoms with E-state index in [0.29, 0.717) is 0 Å². The molecule has 0 bridgehead atoms. The minimum Gasteiger partial charge on any atom is -0.450 e. The molecule has 2 aromatic rings. The third-order valence-corrected chi connectivity index (χ3v) is 4.25. The maximum Gasteiger partial charge on any atom is 0.309 e. The quantitative estimate of drug-likeness (QED) is 0.553. The fourth-order valence-electron chi connectivity index (χ4n) is 1.88. The van der Waals surface area contributed by atoms with Gasteiger partial charge in [0, 0.05) is 6.42 Å². The first-order valence-corrected chi connectivity index (χ1v) is 8.78. The minimum atomic E-state index is -3.91. The van der Waals surface area contributed by atoms with Crippen molar-refractivity contribution in [3.63, 3.8) is 0 Å². The molecular formula is C17H13FN2O4S. The van der Waals surface area contributed by atoms with Crippen LogP contribution >= 0.6 is 0 Å².